The molecule has 1 aliphatic heterocycles. The third-order valence-corrected chi connectivity index (χ3v) is 2.22. The topological polar surface area (TPSA) is 91.1 Å². The van der Waals surface area contributed by atoms with E-state index in [2.05, 4.69) is 4.74 Å². The first-order valence-corrected chi connectivity index (χ1v) is 5.83. The SMILES string of the molecule is CC(C)(C)OC(=O)OC(=O)N1CCOC(CN)C1. The van der Waals surface area contributed by atoms with Gasteiger partial charge in [-0.1, -0.05) is 0 Å². The second kappa shape index (κ2) is 6.01. The highest BCUT2D eigenvalue weighted by atomic mass is 16.8. The molecule has 7 nitrogen and oxygen atoms in total. The van der Waals surface area contributed by atoms with Gasteiger partial charge in [-0.3, -0.25) is 0 Å². The van der Waals surface area contributed by atoms with E-state index in [0.29, 0.717) is 26.2 Å². The summed E-state index contributed by atoms with van der Waals surface area (Å²) in [4.78, 5) is 24.4. The van der Waals surface area contributed by atoms with Gasteiger partial charge in [0.05, 0.1) is 19.3 Å². The van der Waals surface area contributed by atoms with Gasteiger partial charge in [0.15, 0.2) is 0 Å². The lowest BCUT2D eigenvalue weighted by atomic mass is 10.2. The van der Waals surface area contributed by atoms with Gasteiger partial charge in [-0.15, -0.1) is 0 Å². The average molecular weight is 260 g/mol. The van der Waals surface area contributed by atoms with E-state index < -0.39 is 17.8 Å². The Bertz CT molecular complexity index is 313. The molecule has 0 aliphatic carbocycles. The molecule has 104 valence electrons. The van der Waals surface area contributed by atoms with Crippen molar-refractivity contribution < 1.29 is 23.8 Å². The quantitative estimate of drug-likeness (QED) is 0.551. The molecule has 7 heteroatoms. The largest absolute Gasteiger partial charge is 0.517 e. The summed E-state index contributed by atoms with van der Waals surface area (Å²) in [5.74, 6) is 0. The van der Waals surface area contributed by atoms with Crippen molar-refractivity contribution in [1.82, 2.24) is 4.90 Å². The van der Waals surface area contributed by atoms with Crippen LogP contribution in [0, 0.1) is 0 Å². The highest BCUT2D eigenvalue weighted by molar-refractivity contribution is 5.80. The maximum absolute atomic E-state index is 11.7. The van der Waals surface area contributed by atoms with Crippen LogP contribution in [0.4, 0.5) is 9.59 Å². The molecule has 1 atom stereocenters. The maximum Gasteiger partial charge on any atom is 0.517 e. The highest BCUT2D eigenvalue weighted by Gasteiger charge is 2.27. The number of nitrogens with zero attached hydrogens (tertiary/aromatic N) is 1. The molecule has 0 saturated carbocycles. The summed E-state index contributed by atoms with van der Waals surface area (Å²) in [7, 11) is 0. The molecule has 0 bridgehead atoms. The summed E-state index contributed by atoms with van der Waals surface area (Å²) in [6, 6.07) is 0. The van der Waals surface area contributed by atoms with Gasteiger partial charge in [0.2, 0.25) is 0 Å². The van der Waals surface area contributed by atoms with Gasteiger partial charge in [-0.05, 0) is 20.8 Å². The Morgan fingerprint density at radius 2 is 2.11 bits per heavy atom. The van der Waals surface area contributed by atoms with E-state index in [1.165, 1.54) is 4.90 Å². The Morgan fingerprint density at radius 3 is 2.67 bits per heavy atom. The Morgan fingerprint density at radius 1 is 1.44 bits per heavy atom. The molecule has 0 spiro atoms. The molecule has 0 aromatic rings. The smallest absolute Gasteiger partial charge is 0.428 e. The summed E-state index contributed by atoms with van der Waals surface area (Å²) in [5, 5.41) is 0. The van der Waals surface area contributed by atoms with Gasteiger partial charge in [-0.2, -0.15) is 0 Å². The van der Waals surface area contributed by atoms with Crippen molar-refractivity contribution >= 4 is 12.2 Å². The second-order valence-electron chi connectivity index (χ2n) is 5.01. The molecule has 1 unspecified atom stereocenters. The minimum absolute atomic E-state index is 0.218. The summed E-state index contributed by atoms with van der Waals surface area (Å²) < 4.78 is 14.8. The summed E-state index contributed by atoms with van der Waals surface area (Å²) in [5.41, 5.74) is 4.76. The van der Waals surface area contributed by atoms with Crippen LogP contribution in [0.3, 0.4) is 0 Å². The summed E-state index contributed by atoms with van der Waals surface area (Å²) >= 11 is 0. The van der Waals surface area contributed by atoms with Crippen molar-refractivity contribution in [3.05, 3.63) is 0 Å². The number of hydrogen-bond acceptors (Lipinski definition) is 6. The van der Waals surface area contributed by atoms with Gasteiger partial charge >= 0.3 is 12.2 Å². The molecule has 1 fully saturated rings. The number of hydrogen-bond donors (Lipinski definition) is 1. The first-order chi connectivity index (χ1) is 8.31. The van der Waals surface area contributed by atoms with E-state index in [1.54, 1.807) is 20.8 Å². The molecule has 1 heterocycles. The van der Waals surface area contributed by atoms with Crippen LogP contribution in [0.25, 0.3) is 0 Å². The van der Waals surface area contributed by atoms with E-state index >= 15 is 0 Å². The Labute approximate surface area is 106 Å². The van der Waals surface area contributed by atoms with E-state index in [1.807, 2.05) is 0 Å². The molecule has 0 radical (unpaired) electrons. The van der Waals surface area contributed by atoms with Gasteiger partial charge < -0.3 is 24.8 Å². The fourth-order valence-corrected chi connectivity index (χ4v) is 1.43. The minimum Gasteiger partial charge on any atom is -0.428 e. The monoisotopic (exact) mass is 260 g/mol. The number of ether oxygens (including phenoxy) is 3. The van der Waals surface area contributed by atoms with Gasteiger partial charge in [0, 0.05) is 13.1 Å². The van der Waals surface area contributed by atoms with E-state index in [4.69, 9.17) is 15.2 Å². The molecule has 1 amide bonds. The standard InChI is InChI=1S/C11H20N2O5/c1-11(2,3)18-10(15)17-9(14)13-4-5-16-8(6-12)7-13/h8H,4-7,12H2,1-3H3. The molecular formula is C11H20N2O5. The van der Waals surface area contributed by atoms with Gasteiger partial charge in [-0.25, -0.2) is 9.59 Å². The predicted molar refractivity (Wildman–Crippen MR) is 63.1 cm³/mol. The van der Waals surface area contributed by atoms with Crippen LogP contribution in [0.2, 0.25) is 0 Å². The van der Waals surface area contributed by atoms with Crippen LogP contribution >= 0.6 is 0 Å². The van der Waals surface area contributed by atoms with Crippen LogP contribution in [-0.2, 0) is 14.2 Å². The van der Waals surface area contributed by atoms with Crippen molar-refractivity contribution in [1.29, 1.82) is 0 Å². The number of morpholine rings is 1. The number of rotatable bonds is 1. The molecule has 1 rings (SSSR count). The van der Waals surface area contributed by atoms with Crippen molar-refractivity contribution in [2.45, 2.75) is 32.5 Å². The lowest BCUT2D eigenvalue weighted by Gasteiger charge is -2.31. The van der Waals surface area contributed by atoms with Crippen molar-refractivity contribution in [2.75, 3.05) is 26.2 Å². The second-order valence-corrected chi connectivity index (χ2v) is 5.01. The van der Waals surface area contributed by atoms with Gasteiger partial charge in [0.1, 0.15) is 5.60 Å². The summed E-state index contributed by atoms with van der Waals surface area (Å²) in [6.07, 6.45) is -1.95. The van der Waals surface area contributed by atoms with Crippen LogP contribution in [0.1, 0.15) is 20.8 Å². The molecule has 0 aromatic heterocycles. The normalized spacial score (nSPS) is 20.4. The van der Waals surface area contributed by atoms with E-state index in [-0.39, 0.29) is 6.10 Å². The van der Waals surface area contributed by atoms with Crippen LogP contribution in [0.15, 0.2) is 0 Å². The minimum atomic E-state index is -0.997. The Balaban J connectivity index is 2.42. The first-order valence-electron chi connectivity index (χ1n) is 5.83. The number of carbonyl (C=O) groups is 2. The number of carbonyl (C=O) groups excluding carboxylic acids is 2. The lowest BCUT2D eigenvalue weighted by Crippen LogP contribution is -2.48. The van der Waals surface area contributed by atoms with Crippen molar-refractivity contribution in [2.24, 2.45) is 5.73 Å². The zero-order chi connectivity index (χ0) is 13.8. The third kappa shape index (κ3) is 4.89. The fraction of sp³-hybridized carbons (Fsp3) is 0.818. The van der Waals surface area contributed by atoms with Crippen LogP contribution in [-0.4, -0.2) is 55.1 Å². The van der Waals surface area contributed by atoms with E-state index in [9.17, 15) is 9.59 Å². The molecule has 1 aliphatic rings. The fourth-order valence-electron chi connectivity index (χ4n) is 1.43. The molecule has 1 saturated heterocycles. The molecular weight excluding hydrogens is 240 g/mol. The average Bonchev–Trinajstić information content (AvgIpc) is 2.26. The molecule has 0 aromatic carbocycles. The van der Waals surface area contributed by atoms with Crippen LogP contribution < -0.4 is 5.73 Å². The molecule has 2 N–H and O–H groups in total. The predicted octanol–water partition coefficient (Wildman–Crippen LogP) is 0.718. The Kier molecular flexibility index (Phi) is 4.92. The Hall–Kier alpha value is -1.34. The highest BCUT2D eigenvalue weighted by Crippen LogP contribution is 2.10. The summed E-state index contributed by atoms with van der Waals surface area (Å²) in [6.45, 7) is 6.46. The third-order valence-electron chi connectivity index (χ3n) is 2.22. The molecule has 18 heavy (non-hydrogen) atoms. The maximum atomic E-state index is 11.7. The zero-order valence-electron chi connectivity index (χ0n) is 11.0. The zero-order valence-corrected chi connectivity index (χ0v) is 11.0. The number of nitrogens with two attached hydrogens (primary N) is 1. The van der Waals surface area contributed by atoms with Crippen LogP contribution in [0.5, 0.6) is 0 Å². The van der Waals surface area contributed by atoms with Gasteiger partial charge in [0.25, 0.3) is 0 Å². The first kappa shape index (κ1) is 14.7. The van der Waals surface area contributed by atoms with E-state index in [0.717, 1.165) is 0 Å². The van der Waals surface area contributed by atoms with Crippen molar-refractivity contribution in [3.8, 4) is 0 Å². The van der Waals surface area contributed by atoms with Crippen molar-refractivity contribution in [3.63, 3.8) is 0 Å². The number of amides is 1. The lowest BCUT2D eigenvalue weighted by molar-refractivity contribution is -0.0304.